The van der Waals surface area contributed by atoms with E-state index in [0.29, 0.717) is 17.7 Å². The number of hydrogen-bond acceptors (Lipinski definition) is 6. The van der Waals surface area contributed by atoms with Gasteiger partial charge in [0.25, 0.3) is 0 Å². The normalized spacial score (nSPS) is 25.4. The molecule has 2 aliphatic heterocycles. The van der Waals surface area contributed by atoms with Crippen molar-refractivity contribution in [1.82, 2.24) is 35.1 Å². The highest BCUT2D eigenvalue weighted by Gasteiger charge is 2.57. The molecule has 12 heteroatoms. The molecular formula is C38H37N7O5. The number of nitrogens with zero attached hydrogens (tertiary/aromatic N) is 4. The Morgan fingerprint density at radius 3 is 2.24 bits per heavy atom. The third-order valence-electron chi connectivity index (χ3n) is 11.0. The summed E-state index contributed by atoms with van der Waals surface area (Å²) >= 11 is 0. The van der Waals surface area contributed by atoms with E-state index in [1.807, 2.05) is 67.3 Å². The van der Waals surface area contributed by atoms with Crippen LogP contribution in [0.1, 0.15) is 74.4 Å². The van der Waals surface area contributed by atoms with Crippen molar-refractivity contribution in [2.75, 3.05) is 7.11 Å². The predicted octanol–water partition coefficient (Wildman–Crippen LogP) is 5.85. The van der Waals surface area contributed by atoms with Crippen molar-refractivity contribution in [2.24, 2.45) is 17.8 Å². The Morgan fingerprint density at radius 2 is 1.52 bits per heavy atom. The predicted molar refractivity (Wildman–Crippen MR) is 185 cm³/mol. The highest BCUT2D eigenvalue weighted by Crippen LogP contribution is 2.54. The summed E-state index contributed by atoms with van der Waals surface area (Å²) in [5, 5.41) is 14.5. The second kappa shape index (κ2) is 11.2. The second-order valence-corrected chi connectivity index (χ2v) is 14.5. The van der Waals surface area contributed by atoms with Crippen molar-refractivity contribution in [3.63, 3.8) is 0 Å². The van der Waals surface area contributed by atoms with Gasteiger partial charge in [-0.2, -0.15) is 0 Å². The number of piperidine rings is 2. The number of methoxy groups -OCH3 is 1. The molecule has 0 bridgehead atoms. The monoisotopic (exact) mass is 671 g/mol. The number of nitrogens with one attached hydrogen (secondary N) is 3. The molecule has 3 amide bonds. The smallest absolute Gasteiger partial charge is 0.408 e. The summed E-state index contributed by atoms with van der Waals surface area (Å²) in [7, 11) is 1.30. The van der Waals surface area contributed by atoms with Gasteiger partial charge in [0.2, 0.25) is 5.91 Å². The third-order valence-corrected chi connectivity index (χ3v) is 11.0. The number of aromatic nitrogens is 4. The van der Waals surface area contributed by atoms with Gasteiger partial charge in [-0.25, -0.2) is 19.6 Å². The first kappa shape index (κ1) is 30.5. The maximum Gasteiger partial charge on any atom is 0.408 e. The molecule has 4 aliphatic rings. The first-order valence-electron chi connectivity index (χ1n) is 17.3. The van der Waals surface area contributed by atoms with Gasteiger partial charge in [0.1, 0.15) is 17.7 Å². The number of hydrogen-bond donors (Lipinski definition) is 4. The van der Waals surface area contributed by atoms with Crippen molar-refractivity contribution in [2.45, 2.75) is 69.7 Å². The van der Waals surface area contributed by atoms with E-state index >= 15 is 0 Å². The van der Waals surface area contributed by atoms with Crippen molar-refractivity contribution >= 4 is 50.9 Å². The molecule has 0 unspecified atom stereocenters. The third kappa shape index (κ3) is 5.02. The molecule has 2 saturated carbocycles. The summed E-state index contributed by atoms with van der Waals surface area (Å²) < 4.78 is 4.78. The fourth-order valence-electron chi connectivity index (χ4n) is 8.32. The number of aromatic amines is 2. The van der Waals surface area contributed by atoms with Crippen LogP contribution in [0.2, 0.25) is 0 Å². The van der Waals surface area contributed by atoms with Crippen molar-refractivity contribution in [3.05, 3.63) is 71.3 Å². The minimum absolute atomic E-state index is 0.0995. The standard InChI is InChI=1S/C38H37N7O5/c1-18(2)32(43-37(47)50-3)36(46)44-28-14-22(28)16-30(44)34-39-25-10-7-20(13-27(25)41-34)5-4-19-6-9-24-21(12-19)8-11-26-33(24)42-35(40-26)31-17-23-15-29(23)45(31)38(48)49/h6-13,18,22-23,28-32H,14-17H2,1-3H3,(H,39,41)(H,40,42)(H,43,47)(H,48,49)/t22-,23-,28-,29-,30+,31+,32+/m1/s1. The van der Waals surface area contributed by atoms with E-state index in [9.17, 15) is 19.5 Å². The van der Waals surface area contributed by atoms with Crippen LogP contribution in [0.4, 0.5) is 9.59 Å². The van der Waals surface area contributed by atoms with Gasteiger partial charge < -0.3 is 30.0 Å². The van der Waals surface area contributed by atoms with Gasteiger partial charge in [0.15, 0.2) is 0 Å². The highest BCUT2D eigenvalue weighted by atomic mass is 16.5. The molecule has 4 N–H and O–H groups in total. The van der Waals surface area contributed by atoms with Gasteiger partial charge in [0, 0.05) is 28.6 Å². The van der Waals surface area contributed by atoms with E-state index < -0.39 is 18.2 Å². The molecule has 2 aliphatic carbocycles. The van der Waals surface area contributed by atoms with Crippen LogP contribution in [0.3, 0.4) is 0 Å². The molecule has 12 nitrogen and oxygen atoms in total. The maximum atomic E-state index is 13.8. The van der Waals surface area contributed by atoms with Crippen LogP contribution in [0, 0.1) is 29.6 Å². The zero-order valence-corrected chi connectivity index (χ0v) is 27.9. The van der Waals surface area contributed by atoms with Gasteiger partial charge in [-0.1, -0.05) is 37.8 Å². The molecule has 2 aromatic heterocycles. The average molecular weight is 672 g/mol. The number of imidazole rings is 2. The van der Waals surface area contributed by atoms with Gasteiger partial charge >= 0.3 is 12.2 Å². The molecule has 0 spiro atoms. The number of rotatable bonds is 5. The molecule has 3 aromatic carbocycles. The average Bonchev–Trinajstić information content (AvgIpc) is 3.76. The van der Waals surface area contributed by atoms with Gasteiger partial charge in [-0.05, 0) is 85.2 Å². The minimum atomic E-state index is -0.879. The first-order chi connectivity index (χ1) is 24.2. The summed E-state index contributed by atoms with van der Waals surface area (Å²) in [6.07, 6.45) is 2.08. The molecule has 254 valence electrons. The van der Waals surface area contributed by atoms with Crippen molar-refractivity contribution in [1.29, 1.82) is 0 Å². The van der Waals surface area contributed by atoms with Crippen LogP contribution in [-0.2, 0) is 9.53 Å². The molecule has 2 saturated heterocycles. The Bertz CT molecular complexity index is 2300. The van der Waals surface area contributed by atoms with Crippen molar-refractivity contribution < 1.29 is 24.2 Å². The van der Waals surface area contributed by atoms with Gasteiger partial charge in [0.05, 0.1) is 41.3 Å². The lowest BCUT2D eigenvalue weighted by Gasteiger charge is -2.31. The number of ether oxygens (including phenoxy) is 1. The van der Waals surface area contributed by atoms with E-state index in [1.165, 1.54) is 7.11 Å². The molecule has 7 atom stereocenters. The molecular weight excluding hydrogens is 634 g/mol. The minimum Gasteiger partial charge on any atom is -0.465 e. The fraction of sp³-hybridized carbons (Fsp3) is 0.395. The SMILES string of the molecule is COC(=O)N[C@H](C(=O)N1[C@@H]2C[C@@H]2C[C@H]1c1nc2ccc(C#Cc3ccc4c(ccc5[nH]c([C@@H]6C[C@H]7C[C@H]7N6C(=O)O)nc54)c3)cc2[nH]1)C(C)C. The van der Waals surface area contributed by atoms with Gasteiger partial charge in [-0.3, -0.25) is 9.69 Å². The number of carbonyl (C=O) groups is 3. The van der Waals surface area contributed by atoms with E-state index in [2.05, 4.69) is 27.1 Å². The maximum absolute atomic E-state index is 13.8. The lowest BCUT2D eigenvalue weighted by Crippen LogP contribution is -2.52. The van der Waals surface area contributed by atoms with Crippen LogP contribution in [0.5, 0.6) is 0 Å². The zero-order valence-electron chi connectivity index (χ0n) is 27.9. The summed E-state index contributed by atoms with van der Waals surface area (Å²) in [6.45, 7) is 3.83. The zero-order chi connectivity index (χ0) is 34.4. The fourth-order valence-corrected chi connectivity index (χ4v) is 8.32. The Hall–Kier alpha value is -5.57. The summed E-state index contributed by atoms with van der Waals surface area (Å²) in [4.78, 5) is 57.8. The first-order valence-corrected chi connectivity index (χ1v) is 17.3. The lowest BCUT2D eigenvalue weighted by atomic mass is 10.0. The number of amides is 3. The van der Waals surface area contributed by atoms with E-state index in [1.54, 1.807) is 4.90 Å². The number of fused-ring (bicyclic) bond motifs is 6. The van der Waals surface area contributed by atoms with Crippen LogP contribution in [0.25, 0.3) is 32.8 Å². The summed E-state index contributed by atoms with van der Waals surface area (Å²) in [6, 6.07) is 15.2. The highest BCUT2D eigenvalue weighted by molar-refractivity contribution is 6.04. The van der Waals surface area contributed by atoms with Crippen LogP contribution < -0.4 is 5.32 Å². The number of alkyl carbamates (subject to hydrolysis) is 1. The lowest BCUT2D eigenvalue weighted by molar-refractivity contribution is -0.136. The molecule has 50 heavy (non-hydrogen) atoms. The number of carbonyl (C=O) groups excluding carboxylic acids is 2. The van der Waals surface area contributed by atoms with Crippen molar-refractivity contribution in [3.8, 4) is 11.8 Å². The number of carboxylic acid groups (broad SMARTS) is 1. The van der Waals surface area contributed by atoms with Crippen LogP contribution in [-0.4, -0.2) is 78.2 Å². The second-order valence-electron chi connectivity index (χ2n) is 14.5. The quantitative estimate of drug-likeness (QED) is 0.171. The molecule has 9 rings (SSSR count). The Kier molecular flexibility index (Phi) is 6.85. The Labute approximate surface area is 287 Å². The summed E-state index contributed by atoms with van der Waals surface area (Å²) in [5.41, 5.74) is 5.09. The van der Waals surface area contributed by atoms with E-state index in [4.69, 9.17) is 14.7 Å². The molecule has 5 aromatic rings. The van der Waals surface area contributed by atoms with Crippen LogP contribution in [0.15, 0.2) is 48.5 Å². The molecule has 4 heterocycles. The topological polar surface area (TPSA) is 157 Å². The largest absolute Gasteiger partial charge is 0.465 e. The van der Waals surface area contributed by atoms with E-state index in [0.717, 1.165) is 75.5 Å². The summed E-state index contributed by atoms with van der Waals surface area (Å²) in [5.74, 6) is 8.73. The number of benzene rings is 3. The Morgan fingerprint density at radius 1 is 0.860 bits per heavy atom. The van der Waals surface area contributed by atoms with Gasteiger partial charge in [-0.15, -0.1) is 0 Å². The van der Waals surface area contributed by atoms with E-state index in [-0.39, 0.29) is 36.0 Å². The number of H-pyrrole nitrogens is 2. The molecule has 0 radical (unpaired) electrons. The molecule has 4 fully saturated rings. The Balaban J connectivity index is 0.953. The van der Waals surface area contributed by atoms with Crippen LogP contribution >= 0.6 is 0 Å². The number of likely N-dealkylation sites (tertiary alicyclic amines) is 2.